The Kier molecular flexibility index (Phi) is 2.71. The first-order chi connectivity index (χ1) is 10.4. The van der Waals surface area contributed by atoms with Crippen LogP contribution in [0.15, 0.2) is 73.1 Å². The topological polar surface area (TPSA) is 12.9 Å². The lowest BCUT2D eigenvalue weighted by atomic mass is 9.89. The van der Waals surface area contributed by atoms with Gasteiger partial charge in [-0.05, 0) is 45.7 Å². The molecule has 0 atom stereocenters. The molecule has 0 spiro atoms. The van der Waals surface area contributed by atoms with Crippen molar-refractivity contribution in [1.82, 2.24) is 4.98 Å². The zero-order valence-electron chi connectivity index (χ0n) is 11.9. The molecular weight excluding hydrogens is 254 g/mol. The van der Waals surface area contributed by atoms with Gasteiger partial charge in [-0.15, -0.1) is 0 Å². The number of hydrogen-bond donors (Lipinski definition) is 0. The molecule has 0 bridgehead atoms. The Hall–Kier alpha value is -2.67. The zero-order chi connectivity index (χ0) is 14.2. The molecule has 1 nitrogen and oxygen atoms in total. The number of benzene rings is 3. The van der Waals surface area contributed by atoms with E-state index in [1.807, 2.05) is 18.5 Å². The second-order valence-corrected chi connectivity index (χ2v) is 5.33. The van der Waals surface area contributed by atoms with Gasteiger partial charge in [0.25, 0.3) is 0 Å². The number of nitrogens with zero attached hydrogens (tertiary/aromatic N) is 1. The van der Waals surface area contributed by atoms with Gasteiger partial charge < -0.3 is 0 Å². The highest BCUT2D eigenvalue weighted by Crippen LogP contribution is 2.38. The van der Waals surface area contributed by atoms with Crippen LogP contribution in [-0.4, -0.2) is 4.98 Å². The standard InChI is InChI=1S/C20H15N/c1-14-16-8-2-4-10-18(16)20(15-7-6-12-21-13-15)19-11-5-3-9-17(14)19/h2-13H,1H3. The van der Waals surface area contributed by atoms with Gasteiger partial charge in [-0.3, -0.25) is 4.98 Å². The summed E-state index contributed by atoms with van der Waals surface area (Å²) >= 11 is 0. The minimum absolute atomic E-state index is 1.17. The minimum atomic E-state index is 1.17. The number of aromatic nitrogens is 1. The lowest BCUT2D eigenvalue weighted by molar-refractivity contribution is 1.33. The maximum Gasteiger partial charge on any atom is 0.0346 e. The molecule has 0 N–H and O–H groups in total. The minimum Gasteiger partial charge on any atom is -0.264 e. The maximum atomic E-state index is 4.30. The van der Waals surface area contributed by atoms with E-state index in [9.17, 15) is 0 Å². The first-order valence-corrected chi connectivity index (χ1v) is 7.17. The van der Waals surface area contributed by atoms with Crippen molar-refractivity contribution in [2.24, 2.45) is 0 Å². The van der Waals surface area contributed by atoms with Crippen LogP contribution in [0.3, 0.4) is 0 Å². The van der Waals surface area contributed by atoms with E-state index in [0.717, 1.165) is 0 Å². The second-order valence-electron chi connectivity index (χ2n) is 5.33. The molecule has 0 aliphatic carbocycles. The highest BCUT2D eigenvalue weighted by Gasteiger charge is 2.12. The summed E-state index contributed by atoms with van der Waals surface area (Å²) in [6.45, 7) is 2.21. The van der Waals surface area contributed by atoms with Crippen molar-refractivity contribution in [3.8, 4) is 11.1 Å². The van der Waals surface area contributed by atoms with Crippen LogP contribution in [-0.2, 0) is 0 Å². The number of aryl methyl sites for hydroxylation is 1. The van der Waals surface area contributed by atoms with Crippen molar-refractivity contribution < 1.29 is 0 Å². The fourth-order valence-electron chi connectivity index (χ4n) is 3.17. The number of hydrogen-bond acceptors (Lipinski definition) is 1. The average Bonchev–Trinajstić information content (AvgIpc) is 2.56. The third kappa shape index (κ3) is 1.82. The monoisotopic (exact) mass is 269 g/mol. The van der Waals surface area contributed by atoms with E-state index in [1.54, 1.807) is 0 Å². The molecule has 0 aliphatic rings. The smallest absolute Gasteiger partial charge is 0.0346 e. The number of rotatable bonds is 1. The maximum absolute atomic E-state index is 4.30. The molecule has 0 fully saturated rings. The number of fused-ring (bicyclic) bond motifs is 2. The van der Waals surface area contributed by atoms with Gasteiger partial charge in [0.1, 0.15) is 0 Å². The Morgan fingerprint density at radius 2 is 1.24 bits per heavy atom. The molecule has 0 saturated carbocycles. The summed E-state index contributed by atoms with van der Waals surface area (Å²) in [5, 5.41) is 5.22. The fraction of sp³-hybridized carbons (Fsp3) is 0.0500. The molecule has 4 aromatic rings. The highest BCUT2D eigenvalue weighted by atomic mass is 14.6. The molecule has 1 heterocycles. The molecule has 3 aromatic carbocycles. The van der Waals surface area contributed by atoms with Crippen molar-refractivity contribution in [2.75, 3.05) is 0 Å². The van der Waals surface area contributed by atoms with Crippen molar-refractivity contribution >= 4 is 21.5 Å². The molecule has 0 saturated heterocycles. The van der Waals surface area contributed by atoms with Gasteiger partial charge >= 0.3 is 0 Å². The Labute approximate surface area is 123 Å². The third-order valence-electron chi connectivity index (χ3n) is 4.15. The Morgan fingerprint density at radius 1 is 0.667 bits per heavy atom. The van der Waals surface area contributed by atoms with Gasteiger partial charge in [-0.1, -0.05) is 54.6 Å². The summed E-state index contributed by atoms with van der Waals surface area (Å²) in [6, 6.07) is 21.4. The predicted molar refractivity (Wildman–Crippen MR) is 89.4 cm³/mol. The van der Waals surface area contributed by atoms with Crippen LogP contribution in [0, 0.1) is 6.92 Å². The van der Waals surface area contributed by atoms with Crippen molar-refractivity contribution in [1.29, 1.82) is 0 Å². The highest BCUT2D eigenvalue weighted by molar-refractivity contribution is 6.14. The molecule has 21 heavy (non-hydrogen) atoms. The summed E-state index contributed by atoms with van der Waals surface area (Å²) < 4.78 is 0. The van der Waals surface area contributed by atoms with Crippen molar-refractivity contribution in [2.45, 2.75) is 6.92 Å². The van der Waals surface area contributed by atoms with E-state index in [4.69, 9.17) is 0 Å². The molecular formula is C20H15N. The van der Waals surface area contributed by atoms with Crippen LogP contribution in [0.25, 0.3) is 32.7 Å². The van der Waals surface area contributed by atoms with E-state index < -0.39 is 0 Å². The summed E-state index contributed by atoms with van der Waals surface area (Å²) in [7, 11) is 0. The van der Waals surface area contributed by atoms with Crippen molar-refractivity contribution in [3.63, 3.8) is 0 Å². The molecule has 0 amide bonds. The Bertz CT molecular complexity index is 883. The number of pyridine rings is 1. The zero-order valence-corrected chi connectivity index (χ0v) is 11.9. The molecule has 100 valence electrons. The predicted octanol–water partition coefficient (Wildman–Crippen LogP) is 5.36. The SMILES string of the molecule is Cc1c2ccccc2c(-c2cccnc2)c2ccccc12. The third-order valence-corrected chi connectivity index (χ3v) is 4.15. The molecule has 4 rings (SSSR count). The lowest BCUT2D eigenvalue weighted by Crippen LogP contribution is -1.89. The molecule has 1 aromatic heterocycles. The van der Waals surface area contributed by atoms with Crippen LogP contribution >= 0.6 is 0 Å². The van der Waals surface area contributed by atoms with Gasteiger partial charge in [-0.2, -0.15) is 0 Å². The van der Waals surface area contributed by atoms with Gasteiger partial charge in [-0.25, -0.2) is 0 Å². The van der Waals surface area contributed by atoms with Gasteiger partial charge in [0, 0.05) is 18.0 Å². The van der Waals surface area contributed by atoms with Crippen molar-refractivity contribution in [3.05, 3.63) is 78.6 Å². The quantitative estimate of drug-likeness (QED) is 0.424. The molecule has 0 radical (unpaired) electrons. The van der Waals surface area contributed by atoms with E-state index in [-0.39, 0.29) is 0 Å². The fourth-order valence-corrected chi connectivity index (χ4v) is 3.17. The second kappa shape index (κ2) is 4.71. The molecule has 0 unspecified atom stereocenters. The average molecular weight is 269 g/mol. The van der Waals surface area contributed by atoms with Crippen LogP contribution in [0.4, 0.5) is 0 Å². The summed E-state index contributed by atoms with van der Waals surface area (Å²) in [6.07, 6.45) is 3.77. The van der Waals surface area contributed by atoms with E-state index >= 15 is 0 Å². The van der Waals surface area contributed by atoms with Gasteiger partial charge in [0.05, 0.1) is 0 Å². The Balaban J connectivity index is 2.28. The summed E-state index contributed by atoms with van der Waals surface area (Å²) in [5.74, 6) is 0. The first kappa shape index (κ1) is 12.1. The lowest BCUT2D eigenvalue weighted by Gasteiger charge is -2.14. The summed E-state index contributed by atoms with van der Waals surface area (Å²) in [4.78, 5) is 4.30. The van der Waals surface area contributed by atoms with Crippen LogP contribution in [0.5, 0.6) is 0 Å². The van der Waals surface area contributed by atoms with E-state index in [0.29, 0.717) is 0 Å². The van der Waals surface area contributed by atoms with Gasteiger partial charge in [0.15, 0.2) is 0 Å². The molecule has 1 heteroatoms. The molecule has 0 aliphatic heterocycles. The normalized spacial score (nSPS) is 11.1. The summed E-state index contributed by atoms with van der Waals surface area (Å²) in [5.41, 5.74) is 3.79. The van der Waals surface area contributed by atoms with Crippen LogP contribution in [0.1, 0.15) is 5.56 Å². The van der Waals surface area contributed by atoms with E-state index in [1.165, 1.54) is 38.2 Å². The van der Waals surface area contributed by atoms with E-state index in [2.05, 4.69) is 66.5 Å². The van der Waals surface area contributed by atoms with Crippen LogP contribution in [0.2, 0.25) is 0 Å². The van der Waals surface area contributed by atoms with Crippen LogP contribution < -0.4 is 0 Å². The van der Waals surface area contributed by atoms with Gasteiger partial charge in [0.2, 0.25) is 0 Å². The first-order valence-electron chi connectivity index (χ1n) is 7.17. The largest absolute Gasteiger partial charge is 0.264 e. The Morgan fingerprint density at radius 3 is 1.76 bits per heavy atom.